The fourth-order valence-corrected chi connectivity index (χ4v) is 1.90. The number of hydrogen-bond acceptors (Lipinski definition) is 7. The normalized spacial score (nSPS) is 13.3. The van der Waals surface area contributed by atoms with E-state index in [4.69, 9.17) is 4.74 Å². The van der Waals surface area contributed by atoms with Gasteiger partial charge in [0.1, 0.15) is 15.4 Å². The second-order valence-corrected chi connectivity index (χ2v) is 8.13. The number of esters is 2. The van der Waals surface area contributed by atoms with Gasteiger partial charge in [-0.15, -0.1) is 0 Å². The topological polar surface area (TPSA) is 110 Å². The highest BCUT2D eigenvalue weighted by Crippen LogP contribution is 2.31. The molecular weight excluding hydrogens is 521 g/mol. The molecule has 0 aromatic heterocycles. The molecule has 0 fully saturated rings. The average molecular weight is 528 g/mol. The van der Waals surface area contributed by atoms with Crippen molar-refractivity contribution in [2.24, 2.45) is 0 Å². The summed E-state index contributed by atoms with van der Waals surface area (Å²) in [5.41, 5.74) is 0. The van der Waals surface area contributed by atoms with Gasteiger partial charge in [0.05, 0.1) is 4.47 Å². The Bertz CT molecular complexity index is 736. The van der Waals surface area contributed by atoms with E-state index in [0.717, 1.165) is 18.2 Å². The lowest BCUT2D eigenvalue weighted by atomic mass is 10.3. The Morgan fingerprint density at radius 2 is 1.91 bits per heavy atom. The second-order valence-electron chi connectivity index (χ2n) is 3.99. The van der Waals surface area contributed by atoms with Gasteiger partial charge in [0, 0.05) is 0 Å². The molecule has 12 heteroatoms. The zero-order valence-corrected chi connectivity index (χ0v) is 15.6. The fraction of sp³-hybridized carbons (Fsp3) is 0.273. The van der Waals surface area contributed by atoms with Crippen molar-refractivity contribution < 1.29 is 40.8 Å². The number of carbonyl (C=O) groups is 2. The van der Waals surface area contributed by atoms with Gasteiger partial charge in [-0.2, -0.15) is 8.78 Å². The molecule has 1 rings (SSSR count). The Labute approximate surface area is 151 Å². The predicted molar refractivity (Wildman–Crippen MR) is 83.5 cm³/mol. The molecule has 1 aromatic carbocycles. The summed E-state index contributed by atoms with van der Waals surface area (Å²) < 4.78 is 65.7. The number of alkyl halides is 3. The maximum atomic E-state index is 13.0. The number of halogens is 4. The van der Waals surface area contributed by atoms with Crippen LogP contribution in [0, 0.1) is 0 Å². The smallest absolute Gasteiger partial charge is 0.429 e. The van der Waals surface area contributed by atoms with Crippen LogP contribution in [0.5, 0.6) is 11.5 Å². The van der Waals surface area contributed by atoms with E-state index in [2.05, 4.69) is 20.7 Å². The molecule has 0 bridgehead atoms. The van der Waals surface area contributed by atoms with Crippen LogP contribution < -0.4 is 9.47 Å². The van der Waals surface area contributed by atoms with Crippen LogP contribution in [0.4, 0.5) is 8.78 Å². The van der Waals surface area contributed by atoms with Crippen LogP contribution in [0.15, 0.2) is 22.7 Å². The number of ether oxygens (including phenoxy) is 2. The van der Waals surface area contributed by atoms with Crippen molar-refractivity contribution in [2.45, 2.75) is 16.1 Å². The van der Waals surface area contributed by atoms with Gasteiger partial charge in [0.2, 0.25) is 0 Å². The van der Waals surface area contributed by atoms with Crippen molar-refractivity contribution in [2.75, 3.05) is 0 Å². The molecule has 1 atom stereocenters. The molecule has 128 valence electrons. The third-order valence-electron chi connectivity index (χ3n) is 2.20. The van der Waals surface area contributed by atoms with Crippen LogP contribution in [-0.4, -0.2) is 34.1 Å². The Balaban J connectivity index is 2.95. The summed E-state index contributed by atoms with van der Waals surface area (Å²) in [5.74, 6) is -3.56. The minimum absolute atomic E-state index is 0.0292. The fourth-order valence-electron chi connectivity index (χ4n) is 1.09. The minimum atomic E-state index is -6.21. The lowest BCUT2D eigenvalue weighted by Crippen LogP contribution is -2.40. The van der Waals surface area contributed by atoms with Crippen LogP contribution >= 0.6 is 38.5 Å². The van der Waals surface area contributed by atoms with Crippen LogP contribution in [0.2, 0.25) is 0 Å². The average Bonchev–Trinajstić information content (AvgIpc) is 2.40. The van der Waals surface area contributed by atoms with E-state index in [0.29, 0.717) is 0 Å². The number of benzene rings is 1. The monoisotopic (exact) mass is 527 g/mol. The summed E-state index contributed by atoms with van der Waals surface area (Å²) in [4.78, 5) is 22.5. The molecule has 0 N–H and O–H groups in total. The van der Waals surface area contributed by atoms with Crippen molar-refractivity contribution in [1.82, 2.24) is 0 Å². The third-order valence-corrected chi connectivity index (χ3v) is 4.12. The highest BCUT2D eigenvalue weighted by molar-refractivity contribution is 14.1. The van der Waals surface area contributed by atoms with E-state index in [-0.39, 0.29) is 10.2 Å². The van der Waals surface area contributed by atoms with Crippen molar-refractivity contribution in [3.63, 3.8) is 0 Å². The van der Waals surface area contributed by atoms with E-state index < -0.39 is 37.0 Å². The zero-order valence-electron chi connectivity index (χ0n) is 11.1. The molecule has 0 aliphatic rings. The summed E-state index contributed by atoms with van der Waals surface area (Å²) in [6.45, 7) is 1.58. The SMILES string of the molecule is CC(I)C(=O)Oc1ccc(OC(=O)C(F)(F)S(=O)(=O)[O-])cc1Br. The Morgan fingerprint density at radius 3 is 2.35 bits per heavy atom. The molecule has 1 unspecified atom stereocenters. The maximum Gasteiger partial charge on any atom is 0.429 e. The van der Waals surface area contributed by atoms with Gasteiger partial charge in [-0.1, -0.05) is 22.6 Å². The lowest BCUT2D eigenvalue weighted by molar-refractivity contribution is -0.151. The highest BCUT2D eigenvalue weighted by atomic mass is 127. The minimum Gasteiger partial charge on any atom is -0.743 e. The first kappa shape index (κ1) is 20.2. The van der Waals surface area contributed by atoms with E-state index in [1.807, 2.05) is 22.6 Å². The van der Waals surface area contributed by atoms with Crippen molar-refractivity contribution in [3.8, 4) is 11.5 Å². The molecule has 0 aliphatic carbocycles. The van der Waals surface area contributed by atoms with Gasteiger partial charge in [-0.25, -0.2) is 13.2 Å². The van der Waals surface area contributed by atoms with Crippen LogP contribution in [0.25, 0.3) is 0 Å². The van der Waals surface area contributed by atoms with Crippen molar-refractivity contribution >= 4 is 60.6 Å². The molecule has 0 saturated heterocycles. The van der Waals surface area contributed by atoms with Gasteiger partial charge in [0.25, 0.3) is 0 Å². The molecule has 7 nitrogen and oxygen atoms in total. The summed E-state index contributed by atoms with van der Waals surface area (Å²) >= 11 is 4.78. The van der Waals surface area contributed by atoms with Gasteiger partial charge in [0.15, 0.2) is 10.1 Å². The standard InChI is InChI=1S/C11H8BrF2IO7S/c1-5(15)9(16)22-8-3-2-6(4-7(8)12)21-10(17)11(13,14)23(18,19)20/h2-5H,1H3,(H,18,19,20)/p-1. The van der Waals surface area contributed by atoms with E-state index in [9.17, 15) is 31.3 Å². The second kappa shape index (κ2) is 7.36. The highest BCUT2D eigenvalue weighted by Gasteiger charge is 2.48. The Kier molecular flexibility index (Phi) is 6.46. The lowest BCUT2D eigenvalue weighted by Gasteiger charge is -2.18. The number of carbonyl (C=O) groups excluding carboxylic acids is 2. The van der Waals surface area contributed by atoms with Gasteiger partial charge in [-0.05, 0) is 41.1 Å². The van der Waals surface area contributed by atoms with Crippen LogP contribution in [0.3, 0.4) is 0 Å². The summed E-state index contributed by atoms with van der Waals surface area (Å²) in [7, 11) is -6.21. The van der Waals surface area contributed by atoms with Crippen LogP contribution in [0.1, 0.15) is 6.92 Å². The number of hydrogen-bond donors (Lipinski definition) is 0. The Morgan fingerprint density at radius 1 is 1.35 bits per heavy atom. The van der Waals surface area contributed by atoms with Gasteiger partial charge >= 0.3 is 17.2 Å². The number of rotatable bonds is 5. The molecule has 0 spiro atoms. The first-order chi connectivity index (χ1) is 10.4. The molecular formula is C11H7BrF2IO7S-. The molecule has 1 aromatic rings. The van der Waals surface area contributed by atoms with E-state index in [1.165, 1.54) is 0 Å². The van der Waals surface area contributed by atoms with E-state index >= 15 is 0 Å². The molecule has 0 saturated carbocycles. The Hall–Kier alpha value is -0.860. The zero-order chi connectivity index (χ0) is 18.0. The summed E-state index contributed by atoms with van der Waals surface area (Å²) in [6, 6.07) is 3.11. The molecule has 0 amide bonds. The third kappa shape index (κ3) is 5.06. The van der Waals surface area contributed by atoms with E-state index in [1.54, 1.807) is 6.92 Å². The quantitative estimate of drug-likeness (QED) is 0.190. The molecule has 0 aliphatic heterocycles. The first-order valence-corrected chi connectivity index (χ1v) is 9.01. The predicted octanol–water partition coefficient (Wildman–Crippen LogP) is 2.22. The first-order valence-electron chi connectivity index (χ1n) is 5.57. The van der Waals surface area contributed by atoms with Crippen molar-refractivity contribution in [3.05, 3.63) is 22.7 Å². The summed E-state index contributed by atoms with van der Waals surface area (Å²) in [6.07, 6.45) is 0. The molecule has 0 radical (unpaired) electrons. The van der Waals surface area contributed by atoms with Crippen LogP contribution in [-0.2, 0) is 19.7 Å². The molecule has 23 heavy (non-hydrogen) atoms. The van der Waals surface area contributed by atoms with Crippen molar-refractivity contribution in [1.29, 1.82) is 0 Å². The maximum absolute atomic E-state index is 13.0. The largest absolute Gasteiger partial charge is 0.743 e. The van der Waals surface area contributed by atoms with Gasteiger partial charge in [-0.3, -0.25) is 4.79 Å². The molecule has 0 heterocycles. The summed E-state index contributed by atoms with van der Waals surface area (Å²) in [5, 5.41) is -5.22. The van der Waals surface area contributed by atoms with Gasteiger partial charge < -0.3 is 14.0 Å².